The summed E-state index contributed by atoms with van der Waals surface area (Å²) >= 11 is 0. The number of hydrogen-bond acceptors (Lipinski definition) is 5. The summed E-state index contributed by atoms with van der Waals surface area (Å²) in [6.45, 7) is 5.90. The van der Waals surface area contributed by atoms with Gasteiger partial charge in [-0.1, -0.05) is 12.1 Å². The fraction of sp³-hybridized carbons (Fsp3) is 0.267. The van der Waals surface area contributed by atoms with Crippen LogP contribution in [0.1, 0.15) is 18.1 Å². The van der Waals surface area contributed by atoms with Gasteiger partial charge in [-0.25, -0.2) is 4.98 Å². The van der Waals surface area contributed by atoms with E-state index >= 15 is 0 Å². The summed E-state index contributed by atoms with van der Waals surface area (Å²) in [7, 11) is -3.94. The van der Waals surface area contributed by atoms with Crippen molar-refractivity contribution in [1.82, 2.24) is 4.98 Å². The lowest BCUT2D eigenvalue weighted by atomic mass is 10.1. The van der Waals surface area contributed by atoms with Crippen LogP contribution in [0, 0.1) is 13.8 Å². The van der Waals surface area contributed by atoms with E-state index in [0.29, 0.717) is 17.9 Å². The molecule has 6 heteroatoms. The van der Waals surface area contributed by atoms with Crippen molar-refractivity contribution in [2.75, 3.05) is 6.61 Å². The van der Waals surface area contributed by atoms with Crippen molar-refractivity contribution in [3.63, 3.8) is 0 Å². The van der Waals surface area contributed by atoms with Gasteiger partial charge in [-0.15, -0.1) is 0 Å². The van der Waals surface area contributed by atoms with Gasteiger partial charge >= 0.3 is 10.1 Å². The van der Waals surface area contributed by atoms with Crippen molar-refractivity contribution in [2.24, 2.45) is 0 Å². The van der Waals surface area contributed by atoms with E-state index in [2.05, 4.69) is 4.98 Å². The molecule has 0 atom stereocenters. The van der Waals surface area contributed by atoms with Gasteiger partial charge in [-0.3, -0.25) is 0 Å². The van der Waals surface area contributed by atoms with Crippen LogP contribution in [-0.2, 0) is 10.1 Å². The Balaban J connectivity index is 2.42. The molecule has 0 aliphatic carbocycles. The fourth-order valence-electron chi connectivity index (χ4n) is 1.95. The van der Waals surface area contributed by atoms with Gasteiger partial charge in [-0.05, 0) is 38.0 Å². The van der Waals surface area contributed by atoms with Crippen LogP contribution in [0.15, 0.2) is 41.4 Å². The molecular weight excluding hydrogens is 290 g/mol. The maximum absolute atomic E-state index is 12.4. The summed E-state index contributed by atoms with van der Waals surface area (Å²) in [6.07, 6.45) is 1.47. The molecule has 0 spiro atoms. The first-order valence-corrected chi connectivity index (χ1v) is 7.94. The molecule has 0 saturated heterocycles. The van der Waals surface area contributed by atoms with E-state index in [1.165, 1.54) is 18.3 Å². The fourth-order valence-corrected chi connectivity index (χ4v) is 3.07. The second-order valence-electron chi connectivity index (χ2n) is 4.52. The van der Waals surface area contributed by atoms with Crippen molar-refractivity contribution in [2.45, 2.75) is 25.7 Å². The van der Waals surface area contributed by atoms with E-state index in [1.54, 1.807) is 25.1 Å². The number of rotatable bonds is 5. The van der Waals surface area contributed by atoms with Gasteiger partial charge < -0.3 is 8.92 Å². The minimum atomic E-state index is -3.94. The normalized spacial score (nSPS) is 11.2. The third kappa shape index (κ3) is 3.52. The Morgan fingerprint density at radius 1 is 1.14 bits per heavy atom. The number of ether oxygens (including phenoxy) is 1. The van der Waals surface area contributed by atoms with Crippen molar-refractivity contribution in [3.05, 3.63) is 47.7 Å². The highest BCUT2D eigenvalue weighted by molar-refractivity contribution is 7.87. The monoisotopic (exact) mass is 307 g/mol. The highest BCUT2D eigenvalue weighted by Crippen LogP contribution is 2.27. The molecule has 1 aromatic heterocycles. The van der Waals surface area contributed by atoms with E-state index in [4.69, 9.17) is 8.92 Å². The van der Waals surface area contributed by atoms with Crippen LogP contribution in [0.2, 0.25) is 0 Å². The van der Waals surface area contributed by atoms with Gasteiger partial charge in [0.15, 0.2) is 0 Å². The maximum Gasteiger partial charge on any atom is 0.341 e. The maximum atomic E-state index is 12.4. The molecule has 0 N–H and O–H groups in total. The van der Waals surface area contributed by atoms with Crippen molar-refractivity contribution >= 4 is 10.1 Å². The van der Waals surface area contributed by atoms with Crippen molar-refractivity contribution < 1.29 is 17.3 Å². The molecule has 21 heavy (non-hydrogen) atoms. The molecule has 0 fully saturated rings. The van der Waals surface area contributed by atoms with Crippen LogP contribution in [-0.4, -0.2) is 20.0 Å². The second-order valence-corrected chi connectivity index (χ2v) is 6.04. The van der Waals surface area contributed by atoms with Crippen LogP contribution in [0.5, 0.6) is 11.6 Å². The number of hydrogen-bond donors (Lipinski definition) is 0. The molecule has 5 nitrogen and oxygen atoms in total. The lowest BCUT2D eigenvalue weighted by Gasteiger charge is -2.13. The summed E-state index contributed by atoms with van der Waals surface area (Å²) in [4.78, 5) is 3.95. The number of benzene rings is 1. The van der Waals surface area contributed by atoms with Crippen molar-refractivity contribution in [3.8, 4) is 11.6 Å². The summed E-state index contributed by atoms with van der Waals surface area (Å²) in [5.41, 5.74) is 1.48. The van der Waals surface area contributed by atoms with Gasteiger partial charge in [0.2, 0.25) is 5.88 Å². The topological polar surface area (TPSA) is 65.5 Å². The smallest absolute Gasteiger partial charge is 0.341 e. The van der Waals surface area contributed by atoms with E-state index in [1.807, 2.05) is 13.8 Å². The van der Waals surface area contributed by atoms with Gasteiger partial charge in [0, 0.05) is 18.3 Å². The molecule has 0 aliphatic rings. The Kier molecular flexibility index (Phi) is 4.47. The third-order valence-corrected chi connectivity index (χ3v) is 4.24. The Morgan fingerprint density at radius 2 is 1.90 bits per heavy atom. The van der Waals surface area contributed by atoms with Gasteiger partial charge in [0.1, 0.15) is 10.6 Å². The van der Waals surface area contributed by atoms with Crippen LogP contribution >= 0.6 is 0 Å². The summed E-state index contributed by atoms with van der Waals surface area (Å²) < 4.78 is 35.2. The SMILES string of the molecule is CCOc1cc(S(=O)(=O)Oc2ccccn2)c(C)cc1C. The van der Waals surface area contributed by atoms with Crippen LogP contribution < -0.4 is 8.92 Å². The largest absolute Gasteiger partial charge is 0.494 e. The number of aryl methyl sites for hydroxylation is 2. The zero-order valence-corrected chi connectivity index (χ0v) is 13.0. The molecule has 0 amide bonds. The first-order valence-electron chi connectivity index (χ1n) is 6.53. The second kappa shape index (κ2) is 6.13. The molecule has 112 valence electrons. The molecule has 1 aromatic carbocycles. The average molecular weight is 307 g/mol. The lowest BCUT2D eigenvalue weighted by Crippen LogP contribution is -2.12. The van der Waals surface area contributed by atoms with Gasteiger partial charge in [-0.2, -0.15) is 8.42 Å². The molecular formula is C15H17NO4S. The van der Waals surface area contributed by atoms with E-state index in [0.717, 1.165) is 5.56 Å². The molecule has 0 bridgehead atoms. The summed E-state index contributed by atoms with van der Waals surface area (Å²) in [5, 5.41) is 0. The molecule has 0 aliphatic heterocycles. The number of aromatic nitrogens is 1. The molecule has 0 unspecified atom stereocenters. The first kappa shape index (κ1) is 15.3. The molecule has 0 saturated carbocycles. The van der Waals surface area contributed by atoms with Gasteiger partial charge in [0.05, 0.1) is 6.61 Å². The van der Waals surface area contributed by atoms with Crippen LogP contribution in [0.25, 0.3) is 0 Å². The first-order chi connectivity index (χ1) is 9.94. The van der Waals surface area contributed by atoms with Crippen LogP contribution in [0.4, 0.5) is 0 Å². The summed E-state index contributed by atoms with van der Waals surface area (Å²) in [6, 6.07) is 8.09. The van der Waals surface area contributed by atoms with Gasteiger partial charge in [0.25, 0.3) is 0 Å². The minimum Gasteiger partial charge on any atom is -0.494 e. The number of nitrogens with zero attached hydrogens (tertiary/aromatic N) is 1. The highest BCUT2D eigenvalue weighted by atomic mass is 32.2. The molecule has 2 aromatic rings. The molecule has 2 rings (SSSR count). The van der Waals surface area contributed by atoms with Crippen molar-refractivity contribution in [1.29, 1.82) is 0 Å². The Hall–Kier alpha value is -2.08. The zero-order valence-electron chi connectivity index (χ0n) is 12.2. The lowest BCUT2D eigenvalue weighted by molar-refractivity contribution is 0.336. The predicted molar refractivity (Wildman–Crippen MR) is 79.1 cm³/mol. The predicted octanol–water partition coefficient (Wildman–Crippen LogP) is 2.86. The minimum absolute atomic E-state index is 0.0374. The zero-order chi connectivity index (χ0) is 15.5. The van der Waals surface area contributed by atoms with E-state index in [9.17, 15) is 8.42 Å². The quantitative estimate of drug-likeness (QED) is 0.795. The third-order valence-electron chi connectivity index (χ3n) is 2.87. The Bertz CT molecular complexity index is 727. The highest BCUT2D eigenvalue weighted by Gasteiger charge is 2.21. The Labute approximate surface area is 124 Å². The van der Waals surface area contributed by atoms with E-state index < -0.39 is 10.1 Å². The molecule has 1 heterocycles. The average Bonchev–Trinajstić information content (AvgIpc) is 2.42. The molecule has 0 radical (unpaired) electrons. The Morgan fingerprint density at radius 3 is 2.52 bits per heavy atom. The number of pyridine rings is 1. The summed E-state index contributed by atoms with van der Waals surface area (Å²) in [5.74, 6) is 0.571. The van der Waals surface area contributed by atoms with E-state index in [-0.39, 0.29) is 10.8 Å². The van der Waals surface area contributed by atoms with Crippen LogP contribution in [0.3, 0.4) is 0 Å². The standard InChI is InChI=1S/C15H17NO4S/c1-4-19-13-10-14(12(3)9-11(13)2)21(17,18)20-15-7-5-6-8-16-15/h5-10H,4H2,1-3H3.